The van der Waals surface area contributed by atoms with Gasteiger partial charge in [0, 0.05) is 25.0 Å². The number of rotatable bonds is 5. The van der Waals surface area contributed by atoms with Gasteiger partial charge in [0.1, 0.15) is 12.1 Å². The molecule has 134 valence electrons. The number of carbonyl (C=O) groups excluding carboxylic acids is 1. The molecule has 0 radical (unpaired) electrons. The minimum atomic E-state index is -0.246. The van der Waals surface area contributed by atoms with Crippen molar-refractivity contribution in [1.82, 2.24) is 20.2 Å². The van der Waals surface area contributed by atoms with E-state index in [1.807, 2.05) is 0 Å². The molecule has 1 aliphatic carbocycles. The van der Waals surface area contributed by atoms with Gasteiger partial charge in [-0.25, -0.2) is 9.97 Å². The Kier molecular flexibility index (Phi) is 6.21. The lowest BCUT2D eigenvalue weighted by molar-refractivity contribution is -0.130. The lowest BCUT2D eigenvalue weighted by Gasteiger charge is -2.29. The molecular weight excluding hydrogens is 386 g/mol. The molecule has 1 saturated heterocycles. The molecule has 1 aliphatic heterocycles. The lowest BCUT2D eigenvalue weighted by Crippen LogP contribution is -2.45. The third-order valence-corrected chi connectivity index (χ3v) is 5.22. The normalized spacial score (nSPS) is 26.2. The summed E-state index contributed by atoms with van der Waals surface area (Å²) in [5.41, 5.74) is 0. The quantitative estimate of drug-likeness (QED) is 0.802. The van der Waals surface area contributed by atoms with Crippen LogP contribution >= 0.6 is 15.9 Å². The highest BCUT2D eigenvalue weighted by Gasteiger charge is 2.29. The van der Waals surface area contributed by atoms with Gasteiger partial charge in [0.25, 0.3) is 0 Å². The summed E-state index contributed by atoms with van der Waals surface area (Å²) >= 11 is 3.30. The predicted octanol–water partition coefficient (Wildman–Crippen LogP) is 2.03. The van der Waals surface area contributed by atoms with E-state index < -0.39 is 0 Å². The standard InChI is InChI=1S/C17H22BrN5O2/c18-12-9-21-17(22-10-12)25-15-5-3-13(4-6-15)20-11-16(24)23-7-1-2-14(23)8-19/h9-10,13-15,20H,1-7,11H2/t13-,14-,15-/m0/s1. The Labute approximate surface area is 155 Å². The number of halogens is 1. The summed E-state index contributed by atoms with van der Waals surface area (Å²) in [6.07, 6.45) is 8.92. The van der Waals surface area contributed by atoms with Crippen LogP contribution in [0.15, 0.2) is 16.9 Å². The van der Waals surface area contributed by atoms with E-state index in [4.69, 9.17) is 10.00 Å². The number of ether oxygens (including phenoxy) is 1. The van der Waals surface area contributed by atoms with Crippen LogP contribution < -0.4 is 10.1 Å². The molecular formula is C17H22BrN5O2. The Morgan fingerprint density at radius 3 is 2.72 bits per heavy atom. The van der Waals surface area contributed by atoms with Crippen LogP contribution in [0.5, 0.6) is 6.01 Å². The van der Waals surface area contributed by atoms with Crippen molar-refractivity contribution >= 4 is 21.8 Å². The molecule has 0 bridgehead atoms. The van der Waals surface area contributed by atoms with E-state index in [1.165, 1.54) is 0 Å². The lowest BCUT2D eigenvalue weighted by atomic mass is 9.93. The summed E-state index contributed by atoms with van der Waals surface area (Å²) < 4.78 is 6.64. The molecule has 7 nitrogen and oxygen atoms in total. The molecule has 2 fully saturated rings. The highest BCUT2D eigenvalue weighted by molar-refractivity contribution is 9.10. The molecule has 2 heterocycles. The number of aromatic nitrogens is 2. The van der Waals surface area contributed by atoms with Crippen LogP contribution in [-0.4, -0.2) is 52.1 Å². The zero-order valence-electron chi connectivity index (χ0n) is 14.0. The van der Waals surface area contributed by atoms with Crippen molar-refractivity contribution in [2.45, 2.75) is 56.7 Å². The van der Waals surface area contributed by atoms with Crippen molar-refractivity contribution in [3.63, 3.8) is 0 Å². The highest BCUT2D eigenvalue weighted by atomic mass is 79.9. The first-order valence-electron chi connectivity index (χ1n) is 8.72. The van der Waals surface area contributed by atoms with Crippen LogP contribution in [0.4, 0.5) is 0 Å². The van der Waals surface area contributed by atoms with Gasteiger partial charge >= 0.3 is 6.01 Å². The maximum Gasteiger partial charge on any atom is 0.316 e. The molecule has 1 atom stereocenters. The third kappa shape index (κ3) is 4.89. The van der Waals surface area contributed by atoms with E-state index in [2.05, 4.69) is 37.3 Å². The molecule has 1 saturated carbocycles. The number of nitriles is 1. The smallest absolute Gasteiger partial charge is 0.316 e. The first-order valence-corrected chi connectivity index (χ1v) is 9.51. The fourth-order valence-electron chi connectivity index (χ4n) is 3.43. The number of nitrogens with one attached hydrogen (secondary N) is 1. The van der Waals surface area contributed by atoms with Gasteiger partial charge in [0.2, 0.25) is 5.91 Å². The fourth-order valence-corrected chi connectivity index (χ4v) is 3.63. The van der Waals surface area contributed by atoms with Gasteiger partial charge in [-0.1, -0.05) is 0 Å². The number of hydrogen-bond donors (Lipinski definition) is 1. The monoisotopic (exact) mass is 407 g/mol. The van der Waals surface area contributed by atoms with E-state index in [1.54, 1.807) is 17.3 Å². The fraction of sp³-hybridized carbons (Fsp3) is 0.647. The summed E-state index contributed by atoms with van der Waals surface area (Å²) in [5.74, 6) is 0.0330. The second-order valence-corrected chi connectivity index (χ2v) is 7.45. The number of nitrogens with zero attached hydrogens (tertiary/aromatic N) is 4. The zero-order chi connectivity index (χ0) is 17.6. The minimum Gasteiger partial charge on any atom is -0.460 e. The van der Waals surface area contributed by atoms with Crippen LogP contribution in [0.25, 0.3) is 0 Å². The molecule has 8 heteroatoms. The molecule has 25 heavy (non-hydrogen) atoms. The maximum atomic E-state index is 12.3. The largest absolute Gasteiger partial charge is 0.460 e. The molecule has 2 aliphatic rings. The van der Waals surface area contributed by atoms with E-state index in [-0.39, 0.29) is 18.1 Å². The van der Waals surface area contributed by atoms with E-state index in [9.17, 15) is 4.79 Å². The first kappa shape index (κ1) is 18.1. The number of hydrogen-bond acceptors (Lipinski definition) is 6. The molecule has 1 aromatic heterocycles. The van der Waals surface area contributed by atoms with Crippen molar-refractivity contribution in [2.75, 3.05) is 13.1 Å². The van der Waals surface area contributed by atoms with E-state index in [0.29, 0.717) is 25.1 Å². The molecule has 0 aromatic carbocycles. The van der Waals surface area contributed by atoms with Gasteiger partial charge in [-0.15, -0.1) is 0 Å². The van der Waals surface area contributed by atoms with Gasteiger partial charge < -0.3 is 15.0 Å². The second kappa shape index (κ2) is 8.59. The van der Waals surface area contributed by atoms with Gasteiger partial charge in [-0.2, -0.15) is 5.26 Å². The van der Waals surface area contributed by atoms with Crippen LogP contribution in [0.1, 0.15) is 38.5 Å². The molecule has 0 spiro atoms. The third-order valence-electron chi connectivity index (χ3n) is 4.81. The van der Waals surface area contributed by atoms with E-state index in [0.717, 1.165) is 43.0 Å². The summed E-state index contributed by atoms with van der Waals surface area (Å²) in [6.45, 7) is 1.01. The average Bonchev–Trinajstić information content (AvgIpc) is 3.12. The Hall–Kier alpha value is -1.72. The van der Waals surface area contributed by atoms with Crippen LogP contribution in [0.3, 0.4) is 0 Å². The molecule has 0 unspecified atom stereocenters. The predicted molar refractivity (Wildman–Crippen MR) is 94.8 cm³/mol. The summed E-state index contributed by atoms with van der Waals surface area (Å²) in [7, 11) is 0. The summed E-state index contributed by atoms with van der Waals surface area (Å²) in [6, 6.07) is 2.69. The molecule has 1 amide bonds. The number of likely N-dealkylation sites (tertiary alicyclic amines) is 1. The Morgan fingerprint density at radius 2 is 2.04 bits per heavy atom. The Morgan fingerprint density at radius 1 is 1.32 bits per heavy atom. The van der Waals surface area contributed by atoms with Crippen molar-refractivity contribution in [1.29, 1.82) is 5.26 Å². The first-order chi connectivity index (χ1) is 12.2. The van der Waals surface area contributed by atoms with Gasteiger partial charge in [-0.05, 0) is 54.5 Å². The Balaban J connectivity index is 1.38. The van der Waals surface area contributed by atoms with Crippen LogP contribution in [0, 0.1) is 11.3 Å². The van der Waals surface area contributed by atoms with Gasteiger partial charge in [0.15, 0.2) is 0 Å². The van der Waals surface area contributed by atoms with Crippen molar-refractivity contribution < 1.29 is 9.53 Å². The van der Waals surface area contributed by atoms with Gasteiger partial charge in [-0.3, -0.25) is 4.79 Å². The Bertz CT molecular complexity index is 625. The highest BCUT2D eigenvalue weighted by Crippen LogP contribution is 2.23. The minimum absolute atomic E-state index is 0.0330. The molecule has 3 rings (SSSR count). The van der Waals surface area contributed by atoms with Gasteiger partial charge in [0.05, 0.1) is 17.1 Å². The summed E-state index contributed by atoms with van der Waals surface area (Å²) in [5, 5.41) is 12.4. The van der Waals surface area contributed by atoms with E-state index >= 15 is 0 Å². The second-order valence-electron chi connectivity index (χ2n) is 6.53. The van der Waals surface area contributed by atoms with Crippen molar-refractivity contribution in [3.05, 3.63) is 16.9 Å². The summed E-state index contributed by atoms with van der Waals surface area (Å²) in [4.78, 5) is 22.2. The average molecular weight is 408 g/mol. The van der Waals surface area contributed by atoms with Crippen LogP contribution in [-0.2, 0) is 4.79 Å². The SMILES string of the molecule is N#C[C@@H]1CCCN1C(=O)CN[C@H]1CC[C@H](Oc2ncc(Br)cn2)CC1. The maximum absolute atomic E-state index is 12.3. The van der Waals surface area contributed by atoms with Crippen molar-refractivity contribution in [2.24, 2.45) is 0 Å². The topological polar surface area (TPSA) is 91.1 Å². The molecule has 1 N–H and O–H groups in total. The number of amides is 1. The van der Waals surface area contributed by atoms with Crippen LogP contribution in [0.2, 0.25) is 0 Å². The zero-order valence-corrected chi connectivity index (χ0v) is 15.6. The number of carbonyl (C=O) groups is 1. The van der Waals surface area contributed by atoms with Crippen molar-refractivity contribution in [3.8, 4) is 12.1 Å². The molecule has 1 aromatic rings.